The van der Waals surface area contributed by atoms with Gasteiger partial charge in [0.05, 0.1) is 24.7 Å². The number of carboxylic acid groups (broad SMARTS) is 1. The van der Waals surface area contributed by atoms with E-state index < -0.39 is 11.9 Å². The van der Waals surface area contributed by atoms with Crippen LogP contribution in [-0.4, -0.2) is 30.6 Å². The minimum Gasteiger partial charge on any atom is -0.497 e. The van der Waals surface area contributed by atoms with Crippen LogP contribution in [0.5, 0.6) is 23.0 Å². The summed E-state index contributed by atoms with van der Waals surface area (Å²) >= 11 is 6.36. The van der Waals surface area contributed by atoms with Crippen LogP contribution in [0.1, 0.15) is 52.2 Å². The number of hydrogen-bond acceptors (Lipinski definition) is 5. The smallest absolute Gasteiger partial charge is 0.311 e. The summed E-state index contributed by atoms with van der Waals surface area (Å²) in [4.78, 5) is 24.1. The van der Waals surface area contributed by atoms with Crippen molar-refractivity contribution < 1.29 is 28.9 Å². The molecule has 0 saturated heterocycles. The van der Waals surface area contributed by atoms with Crippen LogP contribution in [0.4, 0.5) is 0 Å². The van der Waals surface area contributed by atoms with Gasteiger partial charge in [-0.1, -0.05) is 17.7 Å². The average Bonchev–Trinajstić information content (AvgIpc) is 2.85. The summed E-state index contributed by atoms with van der Waals surface area (Å²) in [7, 11) is 1.65. The average molecular weight is 495 g/mol. The molecular weight excluding hydrogens is 468 g/mol. The zero-order valence-electron chi connectivity index (χ0n) is 19.7. The Labute approximate surface area is 209 Å². The first-order valence-electron chi connectivity index (χ1n) is 11.5. The third kappa shape index (κ3) is 5.77. The molecule has 1 unspecified atom stereocenters. The summed E-state index contributed by atoms with van der Waals surface area (Å²) in [6.07, 6.45) is 2.43. The van der Waals surface area contributed by atoms with Gasteiger partial charge < -0.3 is 19.3 Å². The second-order valence-corrected chi connectivity index (χ2v) is 8.95. The summed E-state index contributed by atoms with van der Waals surface area (Å²) in [5.74, 6) is 0.694. The highest BCUT2D eigenvalue weighted by atomic mass is 35.5. The van der Waals surface area contributed by atoms with Crippen molar-refractivity contribution in [1.82, 2.24) is 0 Å². The van der Waals surface area contributed by atoms with Crippen LogP contribution in [0.15, 0.2) is 54.6 Å². The quantitative estimate of drug-likeness (QED) is 0.337. The van der Waals surface area contributed by atoms with Gasteiger partial charge in [0.2, 0.25) is 0 Å². The minimum absolute atomic E-state index is 0.0719. The highest BCUT2D eigenvalue weighted by Crippen LogP contribution is 2.41. The van der Waals surface area contributed by atoms with Gasteiger partial charge in [0.25, 0.3) is 0 Å². The lowest BCUT2D eigenvalue weighted by molar-refractivity contribution is -0.139. The number of methoxy groups -OCH3 is 1. The van der Waals surface area contributed by atoms with Gasteiger partial charge in [-0.25, -0.2) is 0 Å². The number of benzene rings is 3. The molecule has 4 rings (SSSR count). The Morgan fingerprint density at radius 1 is 1.09 bits per heavy atom. The van der Waals surface area contributed by atoms with Gasteiger partial charge in [-0.2, -0.15) is 0 Å². The second-order valence-electron chi connectivity index (χ2n) is 8.54. The number of carbonyl (C=O) groups excluding carboxylic acids is 1. The standard InChI is InChI=1S/C28H27ClO6/c1-17-14-21(33-2)11-6-18(17)4-3-5-25(30)19-7-9-20(10-8-19)35-27-16-26-23(15-24(27)29)22(28(31)32)12-13-34-26/h6-11,14-16,22H,3-5,12-13H2,1-2H3,(H,31,32). The molecule has 3 aromatic carbocycles. The predicted molar refractivity (Wildman–Crippen MR) is 133 cm³/mol. The van der Waals surface area contributed by atoms with Crippen LogP contribution in [-0.2, 0) is 11.2 Å². The van der Waals surface area contributed by atoms with Crippen LogP contribution in [0.25, 0.3) is 0 Å². The lowest BCUT2D eigenvalue weighted by Crippen LogP contribution is -2.20. The minimum atomic E-state index is -0.904. The number of aryl methyl sites for hydroxylation is 2. The van der Waals surface area contributed by atoms with E-state index in [1.807, 2.05) is 25.1 Å². The molecule has 6 nitrogen and oxygen atoms in total. The van der Waals surface area contributed by atoms with Gasteiger partial charge >= 0.3 is 5.97 Å². The molecule has 1 aliphatic heterocycles. The van der Waals surface area contributed by atoms with Crippen molar-refractivity contribution in [2.24, 2.45) is 0 Å². The molecule has 1 atom stereocenters. The maximum atomic E-state index is 12.6. The fourth-order valence-corrected chi connectivity index (χ4v) is 4.43. The molecule has 0 saturated carbocycles. The Kier molecular flexibility index (Phi) is 7.61. The zero-order valence-corrected chi connectivity index (χ0v) is 20.4. The summed E-state index contributed by atoms with van der Waals surface area (Å²) in [5, 5.41) is 9.73. The lowest BCUT2D eigenvalue weighted by atomic mass is 9.93. The number of ketones is 1. The van der Waals surface area contributed by atoms with Gasteiger partial charge in [-0.05, 0) is 79.8 Å². The lowest BCUT2D eigenvalue weighted by Gasteiger charge is -2.24. The number of rotatable bonds is 9. The molecule has 0 spiro atoms. The highest BCUT2D eigenvalue weighted by molar-refractivity contribution is 6.32. The van der Waals surface area contributed by atoms with Gasteiger partial charge in [-0.3, -0.25) is 9.59 Å². The Morgan fingerprint density at radius 2 is 1.83 bits per heavy atom. The summed E-state index contributed by atoms with van der Waals surface area (Å²) in [6, 6.07) is 16.1. The van der Waals surface area contributed by atoms with E-state index in [0.29, 0.717) is 52.8 Å². The number of Topliss-reactive ketones (excluding diaryl/α,β-unsaturated/α-hetero) is 1. The second kappa shape index (κ2) is 10.8. The zero-order chi connectivity index (χ0) is 24.9. The van der Waals surface area contributed by atoms with Crippen molar-refractivity contribution in [1.29, 1.82) is 0 Å². The highest BCUT2D eigenvalue weighted by Gasteiger charge is 2.29. The van der Waals surface area contributed by atoms with Gasteiger partial charge in [0.1, 0.15) is 23.0 Å². The molecule has 1 N–H and O–H groups in total. The molecule has 0 radical (unpaired) electrons. The van der Waals surface area contributed by atoms with Crippen molar-refractivity contribution in [2.45, 2.75) is 38.5 Å². The topological polar surface area (TPSA) is 82.1 Å². The van der Waals surface area contributed by atoms with E-state index >= 15 is 0 Å². The Bertz CT molecular complexity index is 1230. The van der Waals surface area contributed by atoms with Gasteiger partial charge in [-0.15, -0.1) is 0 Å². The largest absolute Gasteiger partial charge is 0.497 e. The van der Waals surface area contributed by atoms with Crippen LogP contribution < -0.4 is 14.2 Å². The van der Waals surface area contributed by atoms with Crippen LogP contribution in [0.2, 0.25) is 5.02 Å². The third-order valence-corrected chi connectivity index (χ3v) is 6.50. The molecule has 0 amide bonds. The van der Waals surface area contributed by atoms with E-state index in [1.165, 1.54) is 5.56 Å². The molecule has 0 bridgehead atoms. The van der Waals surface area contributed by atoms with E-state index in [2.05, 4.69) is 0 Å². The third-order valence-electron chi connectivity index (χ3n) is 6.21. The first kappa shape index (κ1) is 24.6. The Hall–Kier alpha value is -3.51. The number of carboxylic acids is 1. The van der Waals surface area contributed by atoms with Crippen molar-refractivity contribution in [3.05, 3.63) is 81.9 Å². The van der Waals surface area contributed by atoms with Gasteiger partial charge in [0, 0.05) is 23.6 Å². The molecule has 0 fully saturated rings. The summed E-state index contributed by atoms with van der Waals surface area (Å²) in [5.41, 5.74) is 3.53. The molecule has 7 heteroatoms. The first-order chi connectivity index (χ1) is 16.9. The van der Waals surface area contributed by atoms with E-state index in [1.54, 1.807) is 43.5 Å². The Morgan fingerprint density at radius 3 is 2.51 bits per heavy atom. The molecule has 182 valence electrons. The number of halogens is 1. The Balaban J connectivity index is 1.37. The first-order valence-corrected chi connectivity index (χ1v) is 11.9. The van der Waals surface area contributed by atoms with E-state index in [0.717, 1.165) is 24.2 Å². The molecule has 1 aliphatic rings. The number of hydrogen-bond donors (Lipinski definition) is 1. The molecule has 3 aromatic rings. The van der Waals surface area contributed by atoms with Crippen molar-refractivity contribution in [3.63, 3.8) is 0 Å². The maximum absolute atomic E-state index is 12.6. The monoisotopic (exact) mass is 494 g/mol. The fourth-order valence-electron chi connectivity index (χ4n) is 4.22. The van der Waals surface area contributed by atoms with Crippen LogP contribution in [0, 0.1) is 6.92 Å². The number of aliphatic carboxylic acids is 1. The molecular formula is C28H27ClO6. The van der Waals surface area contributed by atoms with Crippen LogP contribution >= 0.6 is 11.6 Å². The van der Waals surface area contributed by atoms with E-state index in [4.69, 9.17) is 25.8 Å². The summed E-state index contributed by atoms with van der Waals surface area (Å²) in [6.45, 7) is 2.36. The van der Waals surface area contributed by atoms with Crippen molar-refractivity contribution in [2.75, 3.05) is 13.7 Å². The maximum Gasteiger partial charge on any atom is 0.311 e. The molecule has 35 heavy (non-hydrogen) atoms. The van der Waals surface area contributed by atoms with Crippen molar-refractivity contribution >= 4 is 23.4 Å². The summed E-state index contributed by atoms with van der Waals surface area (Å²) < 4.78 is 16.8. The number of fused-ring (bicyclic) bond motifs is 1. The van der Waals surface area contributed by atoms with E-state index in [-0.39, 0.29) is 5.78 Å². The molecule has 1 heterocycles. The number of ether oxygens (including phenoxy) is 3. The molecule has 0 aromatic heterocycles. The predicted octanol–water partition coefficient (Wildman–Crippen LogP) is 6.61. The van der Waals surface area contributed by atoms with Crippen LogP contribution in [0.3, 0.4) is 0 Å². The fraction of sp³-hybridized carbons (Fsp3) is 0.286. The van der Waals surface area contributed by atoms with E-state index in [9.17, 15) is 14.7 Å². The normalized spacial score (nSPS) is 14.5. The number of carbonyl (C=O) groups is 2. The van der Waals surface area contributed by atoms with Gasteiger partial charge in [0.15, 0.2) is 5.78 Å². The molecule has 0 aliphatic carbocycles. The SMILES string of the molecule is COc1ccc(CCCC(=O)c2ccc(Oc3cc4c(cc3Cl)C(C(=O)O)CCO4)cc2)c(C)c1. The van der Waals surface area contributed by atoms with Crippen molar-refractivity contribution in [3.8, 4) is 23.0 Å².